The first-order valence-electron chi connectivity index (χ1n) is 5.04. The van der Waals surface area contributed by atoms with E-state index in [2.05, 4.69) is 5.10 Å². The minimum absolute atomic E-state index is 0.0654. The van der Waals surface area contributed by atoms with Crippen LogP contribution >= 0.6 is 0 Å². The average Bonchev–Trinajstić information content (AvgIpc) is 2.75. The Bertz CT molecular complexity index is 373. The molecule has 0 aliphatic carbocycles. The van der Waals surface area contributed by atoms with Gasteiger partial charge in [-0.2, -0.15) is 5.10 Å². The van der Waals surface area contributed by atoms with Crippen LogP contribution in [0.4, 0.5) is 5.69 Å². The molecule has 1 aliphatic heterocycles. The standard InChI is InChI=1S/C8H11N3O4.CH4O/c1-10-7(6(5-9-10)11(12)13)8-14-3-2-4-15-8;1-2/h5,8H,2-4H2,1H3;2H,1H3. The van der Waals surface area contributed by atoms with Gasteiger partial charge in [0.25, 0.3) is 0 Å². The number of hydrogen-bond acceptors (Lipinski definition) is 6. The largest absolute Gasteiger partial charge is 0.400 e. The number of rotatable bonds is 2. The Hall–Kier alpha value is -1.51. The highest BCUT2D eigenvalue weighted by atomic mass is 16.7. The van der Waals surface area contributed by atoms with Crippen LogP contribution in [-0.4, -0.2) is 40.1 Å². The van der Waals surface area contributed by atoms with E-state index in [-0.39, 0.29) is 5.69 Å². The first kappa shape index (κ1) is 13.6. The maximum absolute atomic E-state index is 10.7. The molecule has 0 spiro atoms. The van der Waals surface area contributed by atoms with E-state index in [0.717, 1.165) is 13.5 Å². The Balaban J connectivity index is 0.000000686. The van der Waals surface area contributed by atoms with E-state index < -0.39 is 11.2 Å². The Morgan fingerprint density at radius 3 is 2.65 bits per heavy atom. The molecule has 0 unspecified atom stereocenters. The topological polar surface area (TPSA) is 99.7 Å². The van der Waals surface area contributed by atoms with Gasteiger partial charge < -0.3 is 14.6 Å². The average molecular weight is 245 g/mol. The first-order chi connectivity index (χ1) is 8.20. The number of aromatic nitrogens is 2. The summed E-state index contributed by atoms with van der Waals surface area (Å²) in [6, 6.07) is 0. The number of ether oxygens (including phenoxy) is 2. The molecule has 8 nitrogen and oxygen atoms in total. The number of aryl methyl sites for hydroxylation is 1. The van der Waals surface area contributed by atoms with Crippen LogP contribution in [0.15, 0.2) is 6.20 Å². The van der Waals surface area contributed by atoms with Gasteiger partial charge in [-0.1, -0.05) is 0 Å². The van der Waals surface area contributed by atoms with Crippen molar-refractivity contribution in [2.45, 2.75) is 12.7 Å². The summed E-state index contributed by atoms with van der Waals surface area (Å²) in [6.45, 7) is 1.10. The molecule has 0 radical (unpaired) electrons. The second kappa shape index (κ2) is 6.28. The third-order valence-corrected chi connectivity index (χ3v) is 2.21. The summed E-state index contributed by atoms with van der Waals surface area (Å²) in [5.41, 5.74) is 0.295. The molecule has 0 bridgehead atoms. The lowest BCUT2D eigenvalue weighted by Gasteiger charge is -2.22. The van der Waals surface area contributed by atoms with Gasteiger partial charge in [0.15, 0.2) is 5.69 Å². The Morgan fingerprint density at radius 2 is 2.12 bits per heavy atom. The van der Waals surface area contributed by atoms with E-state index in [1.54, 1.807) is 7.05 Å². The highest BCUT2D eigenvalue weighted by molar-refractivity contribution is 5.33. The molecule has 8 heteroatoms. The van der Waals surface area contributed by atoms with Gasteiger partial charge in [0, 0.05) is 14.2 Å². The first-order valence-corrected chi connectivity index (χ1v) is 5.04. The van der Waals surface area contributed by atoms with Gasteiger partial charge in [0.2, 0.25) is 6.29 Å². The predicted octanol–water partition coefficient (Wildman–Crippen LogP) is 0.372. The summed E-state index contributed by atoms with van der Waals surface area (Å²) < 4.78 is 12.0. The van der Waals surface area contributed by atoms with Crippen molar-refractivity contribution in [2.24, 2.45) is 7.05 Å². The van der Waals surface area contributed by atoms with Crippen molar-refractivity contribution in [3.8, 4) is 0 Å². The molecule has 0 aromatic carbocycles. The van der Waals surface area contributed by atoms with Crippen LogP contribution in [0.5, 0.6) is 0 Å². The summed E-state index contributed by atoms with van der Waals surface area (Å²) in [6.07, 6.45) is 1.34. The molecule has 1 saturated heterocycles. The van der Waals surface area contributed by atoms with Crippen LogP contribution in [-0.2, 0) is 16.5 Å². The molecule has 1 aromatic rings. The van der Waals surface area contributed by atoms with E-state index >= 15 is 0 Å². The van der Waals surface area contributed by atoms with Crippen molar-refractivity contribution in [1.82, 2.24) is 9.78 Å². The third kappa shape index (κ3) is 2.99. The van der Waals surface area contributed by atoms with Crippen molar-refractivity contribution >= 4 is 5.69 Å². The maximum Gasteiger partial charge on any atom is 0.315 e. The number of nitrogens with zero attached hydrogens (tertiary/aromatic N) is 3. The van der Waals surface area contributed by atoms with Gasteiger partial charge in [-0.25, -0.2) is 0 Å². The molecule has 1 aliphatic rings. The number of aliphatic hydroxyl groups excluding tert-OH is 1. The fourth-order valence-corrected chi connectivity index (χ4v) is 1.50. The monoisotopic (exact) mass is 245 g/mol. The molecular formula is C9H15N3O5. The molecule has 0 atom stereocenters. The van der Waals surface area contributed by atoms with E-state index in [9.17, 15) is 10.1 Å². The molecule has 0 saturated carbocycles. The lowest BCUT2D eigenvalue weighted by molar-refractivity contribution is -0.387. The Kier molecular flexibility index (Phi) is 5.01. The highest BCUT2D eigenvalue weighted by Crippen LogP contribution is 2.29. The van der Waals surface area contributed by atoms with Gasteiger partial charge >= 0.3 is 5.69 Å². The Morgan fingerprint density at radius 1 is 1.53 bits per heavy atom. The molecule has 2 heterocycles. The van der Waals surface area contributed by atoms with Crippen LogP contribution in [0.1, 0.15) is 18.4 Å². The van der Waals surface area contributed by atoms with Crippen LogP contribution < -0.4 is 0 Å². The second-order valence-corrected chi connectivity index (χ2v) is 3.22. The summed E-state index contributed by atoms with van der Waals surface area (Å²) in [5, 5.41) is 21.5. The van der Waals surface area contributed by atoms with Crippen molar-refractivity contribution in [1.29, 1.82) is 0 Å². The molecule has 2 rings (SSSR count). The zero-order valence-corrected chi connectivity index (χ0v) is 9.70. The van der Waals surface area contributed by atoms with Crippen molar-refractivity contribution in [2.75, 3.05) is 20.3 Å². The molecule has 17 heavy (non-hydrogen) atoms. The SMILES string of the molecule is CO.Cn1ncc([N+](=O)[O-])c1C1OCCCO1. The number of nitro groups is 1. The lowest BCUT2D eigenvalue weighted by atomic mass is 10.3. The fourth-order valence-electron chi connectivity index (χ4n) is 1.50. The zero-order chi connectivity index (χ0) is 12.8. The van der Waals surface area contributed by atoms with E-state index in [0.29, 0.717) is 18.9 Å². The summed E-state index contributed by atoms with van der Waals surface area (Å²) >= 11 is 0. The maximum atomic E-state index is 10.7. The summed E-state index contributed by atoms with van der Waals surface area (Å²) in [5.74, 6) is 0. The molecule has 96 valence electrons. The van der Waals surface area contributed by atoms with Gasteiger partial charge in [0.05, 0.1) is 18.1 Å². The second-order valence-electron chi connectivity index (χ2n) is 3.22. The van der Waals surface area contributed by atoms with Gasteiger partial charge in [-0.3, -0.25) is 14.8 Å². The molecule has 1 fully saturated rings. The predicted molar refractivity (Wildman–Crippen MR) is 57.3 cm³/mol. The van der Waals surface area contributed by atoms with E-state index in [1.165, 1.54) is 10.9 Å². The minimum Gasteiger partial charge on any atom is -0.400 e. The number of aliphatic hydroxyl groups is 1. The minimum atomic E-state index is -0.674. The smallest absolute Gasteiger partial charge is 0.315 e. The van der Waals surface area contributed by atoms with Gasteiger partial charge in [-0.15, -0.1) is 0 Å². The highest BCUT2D eigenvalue weighted by Gasteiger charge is 2.29. The van der Waals surface area contributed by atoms with Gasteiger partial charge in [-0.05, 0) is 6.42 Å². The zero-order valence-electron chi connectivity index (χ0n) is 9.70. The lowest BCUT2D eigenvalue weighted by Crippen LogP contribution is -2.20. The Labute approximate surface area is 97.9 Å². The van der Waals surface area contributed by atoms with E-state index in [4.69, 9.17) is 14.6 Å². The molecule has 1 aromatic heterocycles. The van der Waals surface area contributed by atoms with Crippen LogP contribution in [0.25, 0.3) is 0 Å². The van der Waals surface area contributed by atoms with Crippen LogP contribution in [0.3, 0.4) is 0 Å². The third-order valence-electron chi connectivity index (χ3n) is 2.21. The molecule has 1 N–H and O–H groups in total. The summed E-state index contributed by atoms with van der Waals surface area (Å²) in [4.78, 5) is 10.2. The summed E-state index contributed by atoms with van der Waals surface area (Å²) in [7, 11) is 2.63. The van der Waals surface area contributed by atoms with Crippen LogP contribution in [0.2, 0.25) is 0 Å². The van der Waals surface area contributed by atoms with Crippen LogP contribution in [0, 0.1) is 10.1 Å². The van der Waals surface area contributed by atoms with Crippen molar-refractivity contribution < 1.29 is 19.5 Å². The molecule has 0 amide bonds. The van der Waals surface area contributed by atoms with Crippen molar-refractivity contribution in [3.63, 3.8) is 0 Å². The van der Waals surface area contributed by atoms with Crippen molar-refractivity contribution in [3.05, 3.63) is 22.0 Å². The number of hydrogen-bond donors (Lipinski definition) is 1. The normalized spacial score (nSPS) is 16.2. The van der Waals surface area contributed by atoms with Gasteiger partial charge in [0.1, 0.15) is 6.20 Å². The molecular weight excluding hydrogens is 230 g/mol. The fraction of sp³-hybridized carbons (Fsp3) is 0.667. The van der Waals surface area contributed by atoms with E-state index in [1.807, 2.05) is 0 Å². The quantitative estimate of drug-likeness (QED) is 0.597.